The molecule has 0 aromatic carbocycles. The van der Waals surface area contributed by atoms with Crippen molar-refractivity contribution in [2.75, 3.05) is 26.4 Å². The van der Waals surface area contributed by atoms with E-state index >= 15 is 0 Å². The van der Waals surface area contributed by atoms with Crippen molar-refractivity contribution in [3.63, 3.8) is 0 Å². The lowest BCUT2D eigenvalue weighted by Crippen LogP contribution is -2.60. The number of alkyl carbamates (subject to hydrolysis) is 2. The van der Waals surface area contributed by atoms with E-state index < -0.39 is 59.7 Å². The Labute approximate surface area is 213 Å². The largest absolute Gasteiger partial charge is 0.460 e. The van der Waals surface area contributed by atoms with E-state index in [0.29, 0.717) is 13.0 Å². The Morgan fingerprint density at radius 2 is 1.61 bits per heavy atom. The van der Waals surface area contributed by atoms with Crippen molar-refractivity contribution < 1.29 is 47.5 Å². The second kappa shape index (κ2) is 12.4. The molecule has 0 aliphatic carbocycles. The number of hydrogen-bond donors (Lipinski definition) is 2. The van der Waals surface area contributed by atoms with E-state index in [1.807, 2.05) is 0 Å². The Bertz CT molecular complexity index is 759. The molecule has 2 aliphatic rings. The summed E-state index contributed by atoms with van der Waals surface area (Å²) in [4.78, 5) is 36.1. The Hall–Kier alpha value is -2.15. The molecule has 0 radical (unpaired) electrons. The van der Waals surface area contributed by atoms with Crippen LogP contribution in [0.25, 0.3) is 0 Å². The van der Waals surface area contributed by atoms with Gasteiger partial charge in [0.25, 0.3) is 0 Å². The third kappa shape index (κ3) is 10.9. The molecule has 2 heterocycles. The molecule has 0 aromatic heterocycles. The first-order chi connectivity index (χ1) is 16.5. The number of ether oxygens (including phenoxy) is 7. The highest BCUT2D eigenvalue weighted by Crippen LogP contribution is 2.34. The summed E-state index contributed by atoms with van der Waals surface area (Å²) in [5.41, 5.74) is -1.20. The van der Waals surface area contributed by atoms with Crippen molar-refractivity contribution in [3.05, 3.63) is 0 Å². The van der Waals surface area contributed by atoms with Gasteiger partial charge < -0.3 is 43.8 Å². The topological polar surface area (TPSA) is 140 Å². The molecule has 2 amide bonds. The fraction of sp³-hybridized carbons (Fsp3) is 0.875. The average Bonchev–Trinajstić information content (AvgIpc) is 3.00. The maximum absolute atomic E-state index is 12.5. The lowest BCUT2D eigenvalue weighted by atomic mass is 10.0. The van der Waals surface area contributed by atoms with Crippen LogP contribution in [0.2, 0.25) is 0 Å². The second-order valence-corrected chi connectivity index (χ2v) is 11.1. The Morgan fingerprint density at radius 1 is 0.944 bits per heavy atom. The molecule has 2 fully saturated rings. The summed E-state index contributed by atoms with van der Waals surface area (Å²) in [6, 6.07) is -0.724. The summed E-state index contributed by atoms with van der Waals surface area (Å²) < 4.78 is 39.1. The predicted octanol–water partition coefficient (Wildman–Crippen LogP) is 2.62. The van der Waals surface area contributed by atoms with Crippen LogP contribution in [0.3, 0.4) is 0 Å². The van der Waals surface area contributed by atoms with Gasteiger partial charge in [0.15, 0.2) is 12.1 Å². The molecule has 0 spiro atoms. The van der Waals surface area contributed by atoms with E-state index in [-0.39, 0.29) is 26.2 Å². The van der Waals surface area contributed by atoms with Crippen LogP contribution >= 0.6 is 0 Å². The van der Waals surface area contributed by atoms with Crippen LogP contribution in [0.4, 0.5) is 9.59 Å². The van der Waals surface area contributed by atoms with E-state index in [0.717, 1.165) is 0 Å². The van der Waals surface area contributed by atoms with Gasteiger partial charge in [0.2, 0.25) is 0 Å². The normalized spacial score (nSPS) is 25.4. The number of amides is 2. The molecule has 2 saturated heterocycles. The molecule has 2 rings (SSSR count). The third-order valence-corrected chi connectivity index (χ3v) is 4.81. The predicted molar refractivity (Wildman–Crippen MR) is 127 cm³/mol. The highest BCUT2D eigenvalue weighted by atomic mass is 16.8. The van der Waals surface area contributed by atoms with Gasteiger partial charge in [-0.3, -0.25) is 4.79 Å². The first-order valence-electron chi connectivity index (χ1n) is 12.3. The number of esters is 1. The molecule has 0 saturated carbocycles. The number of fused-ring (bicyclic) bond motifs is 1. The summed E-state index contributed by atoms with van der Waals surface area (Å²) in [6.07, 6.45) is -2.60. The monoisotopic (exact) mass is 518 g/mol. The summed E-state index contributed by atoms with van der Waals surface area (Å²) in [5.74, 6) is -1.32. The minimum absolute atomic E-state index is 0.0743. The highest BCUT2D eigenvalue weighted by molar-refractivity contribution is 5.71. The molecule has 0 bridgehead atoms. The molecular weight excluding hydrogens is 476 g/mol. The zero-order chi connectivity index (χ0) is 27.1. The minimum atomic E-state index is -0.856. The second-order valence-electron chi connectivity index (χ2n) is 11.1. The Balaban J connectivity index is 1.85. The number of nitrogens with one attached hydrogen (secondary N) is 2. The van der Waals surface area contributed by atoms with Gasteiger partial charge in [-0.25, -0.2) is 9.59 Å². The number of rotatable bonds is 9. The molecule has 36 heavy (non-hydrogen) atoms. The van der Waals surface area contributed by atoms with E-state index in [2.05, 4.69) is 10.6 Å². The van der Waals surface area contributed by atoms with Crippen molar-refractivity contribution in [2.24, 2.45) is 0 Å². The van der Waals surface area contributed by atoms with Crippen LogP contribution in [0, 0.1) is 0 Å². The fourth-order valence-electron chi connectivity index (χ4n) is 3.62. The lowest BCUT2D eigenvalue weighted by molar-refractivity contribution is -0.211. The van der Waals surface area contributed by atoms with Gasteiger partial charge in [-0.15, -0.1) is 0 Å². The molecule has 208 valence electrons. The van der Waals surface area contributed by atoms with Crippen LogP contribution in [0.15, 0.2) is 0 Å². The molecular formula is C24H42N2O10. The number of hydrogen-bond acceptors (Lipinski definition) is 10. The zero-order valence-corrected chi connectivity index (χ0v) is 22.6. The van der Waals surface area contributed by atoms with Crippen molar-refractivity contribution in [2.45, 2.75) is 110 Å². The molecule has 0 aromatic rings. The van der Waals surface area contributed by atoms with Gasteiger partial charge in [0, 0.05) is 6.54 Å². The van der Waals surface area contributed by atoms with Crippen molar-refractivity contribution in [1.82, 2.24) is 10.6 Å². The van der Waals surface area contributed by atoms with Crippen molar-refractivity contribution >= 4 is 18.2 Å². The first kappa shape index (κ1) is 30.1. The molecule has 2 aliphatic heterocycles. The molecule has 2 N–H and O–H groups in total. The first-order valence-corrected chi connectivity index (χ1v) is 12.3. The standard InChI is InChI=1S/C24H42N2O10/c1-22(2,3)34-16(27)10-13-31-21(29)26-17-18-15(33-24(7,8)35-18)14-32-19(17)30-12-9-11-25-20(28)36-23(4,5)6/h15,17-19H,9-14H2,1-8H3,(H,25,28)(H,26,29)/t15?,17-,18?,19?/m1/s1. The van der Waals surface area contributed by atoms with Gasteiger partial charge in [-0.1, -0.05) is 0 Å². The molecule has 3 unspecified atom stereocenters. The Morgan fingerprint density at radius 3 is 2.25 bits per heavy atom. The highest BCUT2D eigenvalue weighted by Gasteiger charge is 2.52. The number of carbonyl (C=O) groups excluding carboxylic acids is 3. The average molecular weight is 519 g/mol. The zero-order valence-electron chi connectivity index (χ0n) is 22.6. The van der Waals surface area contributed by atoms with E-state index in [9.17, 15) is 14.4 Å². The third-order valence-electron chi connectivity index (χ3n) is 4.81. The summed E-state index contributed by atoms with van der Waals surface area (Å²) in [7, 11) is 0. The van der Waals surface area contributed by atoms with Crippen LogP contribution in [-0.4, -0.2) is 86.1 Å². The number of carbonyl (C=O) groups is 3. The molecule has 4 atom stereocenters. The maximum Gasteiger partial charge on any atom is 0.407 e. The summed E-state index contributed by atoms with van der Waals surface area (Å²) >= 11 is 0. The summed E-state index contributed by atoms with van der Waals surface area (Å²) in [6.45, 7) is 14.9. The smallest absolute Gasteiger partial charge is 0.407 e. The fourth-order valence-corrected chi connectivity index (χ4v) is 3.62. The van der Waals surface area contributed by atoms with E-state index in [1.54, 1.807) is 55.4 Å². The van der Waals surface area contributed by atoms with Crippen LogP contribution in [0.1, 0.15) is 68.2 Å². The van der Waals surface area contributed by atoms with Gasteiger partial charge in [0.1, 0.15) is 36.1 Å². The lowest BCUT2D eigenvalue weighted by Gasteiger charge is -2.37. The van der Waals surface area contributed by atoms with Gasteiger partial charge in [0.05, 0.1) is 19.6 Å². The summed E-state index contributed by atoms with van der Waals surface area (Å²) in [5, 5.41) is 5.39. The van der Waals surface area contributed by atoms with Crippen LogP contribution in [0.5, 0.6) is 0 Å². The van der Waals surface area contributed by atoms with E-state index in [1.165, 1.54) is 0 Å². The molecule has 12 nitrogen and oxygen atoms in total. The minimum Gasteiger partial charge on any atom is -0.460 e. The van der Waals surface area contributed by atoms with Crippen molar-refractivity contribution in [3.8, 4) is 0 Å². The van der Waals surface area contributed by atoms with Gasteiger partial charge in [-0.05, 0) is 61.8 Å². The molecule has 12 heteroatoms. The van der Waals surface area contributed by atoms with Gasteiger partial charge >= 0.3 is 18.2 Å². The van der Waals surface area contributed by atoms with Crippen LogP contribution in [-0.2, 0) is 38.0 Å². The Kier molecular flexibility index (Phi) is 10.4. The van der Waals surface area contributed by atoms with E-state index in [4.69, 9.17) is 33.2 Å². The van der Waals surface area contributed by atoms with Gasteiger partial charge in [-0.2, -0.15) is 0 Å². The maximum atomic E-state index is 12.5. The quantitative estimate of drug-likeness (QED) is 0.266. The van der Waals surface area contributed by atoms with Crippen molar-refractivity contribution in [1.29, 1.82) is 0 Å². The van der Waals surface area contributed by atoms with Crippen LogP contribution < -0.4 is 10.6 Å². The SMILES string of the molecule is CC(C)(C)OC(=O)CCOC(=O)N[C@H]1C(OCCCNC(=O)OC(C)(C)C)OCC2OC(C)(C)OC21.